The molecule has 1 fully saturated rings. The lowest BCUT2D eigenvalue weighted by Crippen LogP contribution is -2.50. The van der Waals surface area contributed by atoms with Crippen LogP contribution in [0.5, 0.6) is 0 Å². The normalized spacial score (nSPS) is 15.5. The minimum Gasteiger partial charge on any atom is -0.336 e. The van der Waals surface area contributed by atoms with Crippen LogP contribution < -0.4 is 0 Å². The van der Waals surface area contributed by atoms with E-state index in [-0.39, 0.29) is 42.7 Å². The van der Waals surface area contributed by atoms with Crippen molar-refractivity contribution >= 4 is 37.5 Å². The molecule has 0 saturated carbocycles. The second kappa shape index (κ2) is 7.75. The van der Waals surface area contributed by atoms with Crippen LogP contribution in [-0.4, -0.2) is 54.6 Å². The van der Waals surface area contributed by atoms with Crippen LogP contribution in [0.4, 0.5) is 5.69 Å². The summed E-state index contributed by atoms with van der Waals surface area (Å²) in [5, 5.41) is 10.9. The zero-order valence-electron chi connectivity index (χ0n) is 14.1. The van der Waals surface area contributed by atoms with Gasteiger partial charge in [0.2, 0.25) is 10.0 Å². The van der Waals surface area contributed by atoms with E-state index in [1.165, 1.54) is 22.5 Å². The zero-order chi connectivity index (χ0) is 19.6. The number of carbonyl (C=O) groups excluding carboxylic acids is 1. The van der Waals surface area contributed by atoms with E-state index in [0.717, 1.165) is 10.5 Å². The van der Waals surface area contributed by atoms with Crippen molar-refractivity contribution in [1.29, 1.82) is 0 Å². The van der Waals surface area contributed by atoms with E-state index in [2.05, 4.69) is 15.9 Å². The Hall–Kier alpha value is -2.30. The van der Waals surface area contributed by atoms with E-state index in [0.29, 0.717) is 5.56 Å². The lowest BCUT2D eigenvalue weighted by molar-refractivity contribution is -0.385. The van der Waals surface area contributed by atoms with Gasteiger partial charge in [-0.3, -0.25) is 14.9 Å². The molecule has 0 atom stereocenters. The Bertz CT molecular complexity index is 988. The highest BCUT2D eigenvalue weighted by Gasteiger charge is 2.31. The molecule has 1 amide bonds. The number of non-ortho nitro benzene ring substituents is 1. The van der Waals surface area contributed by atoms with Crippen molar-refractivity contribution < 1.29 is 18.1 Å². The average molecular weight is 454 g/mol. The molecule has 1 saturated heterocycles. The van der Waals surface area contributed by atoms with Gasteiger partial charge in [0.05, 0.1) is 9.82 Å². The molecule has 8 nitrogen and oxygen atoms in total. The topological polar surface area (TPSA) is 101 Å². The summed E-state index contributed by atoms with van der Waals surface area (Å²) in [4.78, 5) is 24.3. The highest BCUT2D eigenvalue weighted by Crippen LogP contribution is 2.22. The summed E-state index contributed by atoms with van der Waals surface area (Å²) < 4.78 is 27.5. The largest absolute Gasteiger partial charge is 0.336 e. The molecule has 0 bridgehead atoms. The van der Waals surface area contributed by atoms with Crippen LogP contribution in [0.25, 0.3) is 0 Å². The summed E-state index contributed by atoms with van der Waals surface area (Å²) in [6.07, 6.45) is 0. The molecule has 0 unspecified atom stereocenters. The monoisotopic (exact) mass is 453 g/mol. The molecule has 27 heavy (non-hydrogen) atoms. The van der Waals surface area contributed by atoms with Crippen molar-refractivity contribution in [2.45, 2.75) is 4.90 Å². The first kappa shape index (κ1) is 19.5. The van der Waals surface area contributed by atoms with Gasteiger partial charge in [0.15, 0.2) is 0 Å². The molecular formula is C17H16BrN3O5S. The van der Waals surface area contributed by atoms with E-state index < -0.39 is 14.9 Å². The highest BCUT2D eigenvalue weighted by atomic mass is 79.9. The molecule has 10 heteroatoms. The van der Waals surface area contributed by atoms with E-state index >= 15 is 0 Å². The average Bonchev–Trinajstić information content (AvgIpc) is 2.67. The Morgan fingerprint density at radius 3 is 2.33 bits per heavy atom. The van der Waals surface area contributed by atoms with Gasteiger partial charge in [0.25, 0.3) is 11.6 Å². The van der Waals surface area contributed by atoms with Crippen molar-refractivity contribution in [3.05, 3.63) is 68.7 Å². The van der Waals surface area contributed by atoms with Gasteiger partial charge in [-0.05, 0) is 24.3 Å². The fourth-order valence-electron chi connectivity index (χ4n) is 2.84. The van der Waals surface area contributed by atoms with Gasteiger partial charge < -0.3 is 4.90 Å². The third kappa shape index (κ3) is 4.18. The number of nitro benzene ring substituents is 1. The number of hydrogen-bond acceptors (Lipinski definition) is 5. The van der Waals surface area contributed by atoms with Crippen molar-refractivity contribution in [2.75, 3.05) is 26.2 Å². The first-order valence-electron chi connectivity index (χ1n) is 8.08. The van der Waals surface area contributed by atoms with Gasteiger partial charge >= 0.3 is 0 Å². The molecule has 1 aliphatic heterocycles. The number of halogens is 1. The quantitative estimate of drug-likeness (QED) is 0.522. The fourth-order valence-corrected chi connectivity index (χ4v) is 4.70. The molecule has 0 spiro atoms. The Balaban J connectivity index is 1.72. The number of rotatable bonds is 4. The van der Waals surface area contributed by atoms with Gasteiger partial charge in [-0.1, -0.05) is 28.1 Å². The first-order valence-corrected chi connectivity index (χ1v) is 10.3. The predicted molar refractivity (Wildman–Crippen MR) is 102 cm³/mol. The third-order valence-corrected chi connectivity index (χ3v) is 6.65. The minimum absolute atomic E-state index is 0.122. The summed E-state index contributed by atoms with van der Waals surface area (Å²) in [6.45, 7) is 0.758. The van der Waals surface area contributed by atoms with Gasteiger partial charge in [0.1, 0.15) is 0 Å². The number of hydrogen-bond donors (Lipinski definition) is 0. The molecule has 1 heterocycles. The maximum Gasteiger partial charge on any atom is 0.270 e. The third-order valence-electron chi connectivity index (χ3n) is 4.26. The van der Waals surface area contributed by atoms with Gasteiger partial charge in [-0.15, -0.1) is 0 Å². The molecule has 142 valence electrons. The van der Waals surface area contributed by atoms with Crippen molar-refractivity contribution in [2.24, 2.45) is 0 Å². The minimum atomic E-state index is -3.86. The number of nitro groups is 1. The predicted octanol–water partition coefficient (Wildman–Crippen LogP) is 2.50. The van der Waals surface area contributed by atoms with Crippen LogP contribution >= 0.6 is 15.9 Å². The Morgan fingerprint density at radius 2 is 1.70 bits per heavy atom. The Kier molecular flexibility index (Phi) is 5.59. The van der Waals surface area contributed by atoms with Crippen LogP contribution in [0.2, 0.25) is 0 Å². The zero-order valence-corrected chi connectivity index (χ0v) is 16.5. The standard InChI is InChI=1S/C17H16BrN3O5S/c18-14-4-1-3-13(11-14)17(22)19-7-9-20(10-8-19)27(25,26)16-6-2-5-15(12-16)21(23)24/h1-6,11-12H,7-10H2. The molecular weight excluding hydrogens is 438 g/mol. The number of nitrogens with zero attached hydrogens (tertiary/aromatic N) is 3. The summed E-state index contributed by atoms with van der Waals surface area (Å²) in [6, 6.07) is 12.0. The van der Waals surface area contributed by atoms with Crippen LogP contribution in [0.1, 0.15) is 10.4 Å². The summed E-state index contributed by atoms with van der Waals surface area (Å²) in [5.41, 5.74) is 0.249. The fraction of sp³-hybridized carbons (Fsp3) is 0.235. The molecule has 2 aromatic rings. The number of amides is 1. The maximum atomic E-state index is 12.7. The lowest BCUT2D eigenvalue weighted by Gasteiger charge is -2.34. The Labute approximate surface area is 164 Å². The SMILES string of the molecule is O=C(c1cccc(Br)c1)N1CCN(S(=O)(=O)c2cccc([N+](=O)[O-])c2)CC1. The number of piperazine rings is 1. The van der Waals surface area contributed by atoms with E-state index in [1.807, 2.05) is 6.07 Å². The number of benzene rings is 2. The Morgan fingerprint density at radius 1 is 1.04 bits per heavy atom. The summed E-state index contributed by atoms with van der Waals surface area (Å²) in [7, 11) is -3.86. The van der Waals surface area contributed by atoms with Gasteiger partial charge in [-0.25, -0.2) is 8.42 Å². The summed E-state index contributed by atoms with van der Waals surface area (Å²) in [5.74, 6) is -0.163. The van der Waals surface area contributed by atoms with E-state index in [4.69, 9.17) is 0 Å². The molecule has 0 aromatic heterocycles. The maximum absolute atomic E-state index is 12.7. The van der Waals surface area contributed by atoms with E-state index in [9.17, 15) is 23.3 Å². The highest BCUT2D eigenvalue weighted by molar-refractivity contribution is 9.10. The second-order valence-corrected chi connectivity index (χ2v) is 8.81. The first-order chi connectivity index (χ1) is 12.8. The molecule has 0 N–H and O–H groups in total. The number of sulfonamides is 1. The molecule has 0 radical (unpaired) electrons. The molecule has 0 aliphatic carbocycles. The van der Waals surface area contributed by atoms with Crippen molar-refractivity contribution in [3.63, 3.8) is 0 Å². The smallest absolute Gasteiger partial charge is 0.270 e. The van der Waals surface area contributed by atoms with Crippen LogP contribution in [0.15, 0.2) is 57.9 Å². The molecule has 1 aliphatic rings. The lowest BCUT2D eigenvalue weighted by atomic mass is 10.2. The van der Waals surface area contributed by atoms with Crippen LogP contribution in [-0.2, 0) is 10.0 Å². The van der Waals surface area contributed by atoms with E-state index in [1.54, 1.807) is 23.1 Å². The van der Waals surface area contributed by atoms with Crippen molar-refractivity contribution in [1.82, 2.24) is 9.21 Å². The van der Waals surface area contributed by atoms with Gasteiger partial charge in [-0.2, -0.15) is 4.31 Å². The molecule has 2 aromatic carbocycles. The molecule has 3 rings (SSSR count). The van der Waals surface area contributed by atoms with Crippen LogP contribution in [0.3, 0.4) is 0 Å². The van der Waals surface area contributed by atoms with Gasteiger partial charge in [0, 0.05) is 48.3 Å². The number of carbonyl (C=O) groups is 1. The second-order valence-electron chi connectivity index (χ2n) is 5.96. The van der Waals surface area contributed by atoms with Crippen molar-refractivity contribution in [3.8, 4) is 0 Å². The van der Waals surface area contributed by atoms with Crippen LogP contribution in [0, 0.1) is 10.1 Å². The summed E-state index contributed by atoms with van der Waals surface area (Å²) >= 11 is 3.33.